The Morgan fingerprint density at radius 2 is 0.643 bits per heavy atom. The number of aryl methyl sites for hydroxylation is 1. The van der Waals surface area contributed by atoms with E-state index in [4.69, 9.17) is 22.1 Å². The summed E-state index contributed by atoms with van der Waals surface area (Å²) in [6, 6.07) is 93.3. The first-order valence-corrected chi connectivity index (χ1v) is 45.2. The first kappa shape index (κ1) is 84.2. The van der Waals surface area contributed by atoms with Crippen molar-refractivity contribution < 1.29 is 46.1 Å². The van der Waals surface area contributed by atoms with Crippen molar-refractivity contribution in [1.29, 1.82) is 0 Å². The average Bonchev–Trinajstić information content (AvgIpc) is 1.59. The minimum absolute atomic E-state index is 0.0323. The zero-order chi connectivity index (χ0) is 88.4. The Kier molecular flexibility index (Phi) is 24.8. The molecule has 22 rings (SSSR count). The fraction of sp³-hybridized carbons (Fsp3) is 0.0577. The maximum Gasteiger partial charge on any atom is 0.347 e. The number of hydrogen-bond donors (Lipinski definition) is 5. The molecule has 0 spiro atoms. The molecule has 632 valence electrons. The van der Waals surface area contributed by atoms with Gasteiger partial charge in [-0.2, -0.15) is 0 Å². The summed E-state index contributed by atoms with van der Waals surface area (Å²) >= 11 is 6.70. The van der Waals surface area contributed by atoms with Crippen molar-refractivity contribution in [2.24, 2.45) is 5.92 Å². The lowest BCUT2D eigenvalue weighted by atomic mass is 10.0. The third-order valence-electron chi connectivity index (χ3n) is 21.6. The maximum absolute atomic E-state index is 12.7. The molecule has 0 aliphatic heterocycles. The topological polar surface area (TPSA) is 297 Å². The number of anilines is 5. The second-order valence-corrected chi connectivity index (χ2v) is 34.3. The molecule has 10 heterocycles. The summed E-state index contributed by atoms with van der Waals surface area (Å²) in [5.74, 6) is -0.629. The lowest BCUT2D eigenvalue weighted by Crippen LogP contribution is -2.15. The quantitative estimate of drug-likeness (QED) is 0.0444. The standard InChI is InChI=1S/C24H15NO3S.C21H15NO3S.C20H15NO3S.C20H13NO3S.C19H13NO3S/c26-22(17-12-10-16(11-13-17)15-6-2-1-3-7-15)25-23-21-19(14-29-23)18-8-4-5-9-20(18)28-24(21)27;23-19(15-10-14(15)12-6-2-1-3-7-12)22-20-18-16(11-26-20)13-8-4-5-9-17(13)25-21(18)24;2*22-17(11-10-13-6-2-1-3-7-13)21-19-18-15(12-25-19)14-8-4-5-9-16(14)24-20(18)23;21-16(10-12-6-2-1-3-7-12)20-18-17-14(11-24-18)13-8-4-5-9-15(13)23-19(17)22/h1-14H,(H,25,26);1-9,11,14-15H,10H2,(H,22,23);1-9,12H,10-11H2,(H,21,22);1-12H,(H,21,22);1-9,11H,10H2,(H,20,21)/b;;;11-10+;. The Labute approximate surface area is 751 Å². The van der Waals surface area contributed by atoms with Gasteiger partial charge in [-0.3, -0.25) is 24.0 Å². The number of benzene rings is 11. The monoisotopic (exact) mass is 1790 g/mol. The van der Waals surface area contributed by atoms with Gasteiger partial charge in [-0.05, 0) is 101 Å². The van der Waals surface area contributed by atoms with E-state index in [2.05, 4.69) is 38.7 Å². The van der Waals surface area contributed by atoms with Gasteiger partial charge in [0.2, 0.25) is 23.6 Å². The normalized spacial score (nSPS) is 12.7. The van der Waals surface area contributed by atoms with E-state index in [0.717, 1.165) is 88.1 Å². The van der Waals surface area contributed by atoms with E-state index in [1.807, 2.05) is 270 Å². The largest absolute Gasteiger partial charge is 0.422 e. The second kappa shape index (κ2) is 38.1. The van der Waals surface area contributed by atoms with E-state index in [1.165, 1.54) is 68.3 Å². The molecule has 5 N–H and O–H groups in total. The van der Waals surface area contributed by atoms with Crippen molar-refractivity contribution in [3.05, 3.63) is 410 Å². The average molecular weight is 1790 g/mol. The van der Waals surface area contributed by atoms with Crippen molar-refractivity contribution in [2.75, 3.05) is 26.6 Å². The number of amides is 5. The minimum atomic E-state index is -0.449. The van der Waals surface area contributed by atoms with E-state index < -0.39 is 28.1 Å². The Morgan fingerprint density at radius 1 is 0.318 bits per heavy atom. The molecule has 11 aromatic carbocycles. The number of para-hydroxylation sites is 5. The molecular formula is C104H71N5O15S5. The van der Waals surface area contributed by atoms with Crippen LogP contribution in [-0.4, -0.2) is 29.5 Å². The van der Waals surface area contributed by atoms with Gasteiger partial charge in [0.25, 0.3) is 5.91 Å². The fourth-order valence-corrected chi connectivity index (χ4v) is 20.0. The van der Waals surface area contributed by atoms with Gasteiger partial charge < -0.3 is 48.7 Å². The van der Waals surface area contributed by atoms with Gasteiger partial charge in [0.1, 0.15) is 79.9 Å². The SMILES string of the molecule is O=C(/C=C/c1ccccc1)Nc1scc2c1c(=O)oc1ccccc12.O=C(CCc1ccccc1)Nc1scc2c1c(=O)oc1ccccc12.O=C(Cc1ccccc1)Nc1scc2c1c(=O)oc1ccccc12.O=C(Nc1scc2c1c(=O)oc1ccccc12)C1CC1c1ccccc1.O=C(Nc1scc2c1c(=O)oc1ccccc12)c1ccc(-c2ccccc2)cc1. The van der Waals surface area contributed by atoms with Crippen LogP contribution in [0.15, 0.2) is 376 Å². The van der Waals surface area contributed by atoms with Crippen molar-refractivity contribution in [3.63, 3.8) is 0 Å². The molecule has 1 aliphatic rings. The molecule has 5 amide bonds. The van der Waals surface area contributed by atoms with Crippen LogP contribution >= 0.6 is 56.7 Å². The van der Waals surface area contributed by atoms with Crippen LogP contribution in [0.4, 0.5) is 25.0 Å². The molecule has 20 nitrogen and oxygen atoms in total. The van der Waals surface area contributed by atoms with Crippen molar-refractivity contribution >= 4 is 226 Å². The molecule has 129 heavy (non-hydrogen) atoms. The molecule has 1 fully saturated rings. The number of carbonyl (C=O) groups is 5. The molecule has 21 aromatic rings. The highest BCUT2D eigenvalue weighted by Gasteiger charge is 2.44. The fourth-order valence-electron chi connectivity index (χ4n) is 15.2. The van der Waals surface area contributed by atoms with Gasteiger partial charge in [-0.1, -0.05) is 255 Å². The highest BCUT2D eigenvalue weighted by atomic mass is 32.1. The number of nitrogens with one attached hydrogen (secondary N) is 5. The summed E-state index contributed by atoms with van der Waals surface area (Å²) in [7, 11) is 0. The lowest BCUT2D eigenvalue weighted by Gasteiger charge is -2.06. The summed E-state index contributed by atoms with van der Waals surface area (Å²) in [6.07, 6.45) is 5.30. The summed E-state index contributed by atoms with van der Waals surface area (Å²) in [5.41, 5.74) is 7.39. The van der Waals surface area contributed by atoms with E-state index in [0.29, 0.717) is 98.3 Å². The number of thiophene rings is 5. The van der Waals surface area contributed by atoms with Crippen LogP contribution in [0.3, 0.4) is 0 Å². The Balaban J connectivity index is 0.000000109. The zero-order valence-corrected chi connectivity index (χ0v) is 72.1. The molecule has 0 saturated heterocycles. The summed E-state index contributed by atoms with van der Waals surface area (Å²) in [4.78, 5) is 124. The van der Waals surface area contributed by atoms with Crippen LogP contribution in [0, 0.1) is 5.92 Å². The van der Waals surface area contributed by atoms with E-state index in [1.54, 1.807) is 48.5 Å². The van der Waals surface area contributed by atoms with E-state index in [9.17, 15) is 47.9 Å². The van der Waals surface area contributed by atoms with Crippen LogP contribution in [0.2, 0.25) is 0 Å². The van der Waals surface area contributed by atoms with Crippen LogP contribution in [0.25, 0.3) is 126 Å². The first-order valence-electron chi connectivity index (χ1n) is 40.8. The molecule has 2 unspecified atom stereocenters. The molecule has 25 heteroatoms. The predicted molar refractivity (Wildman–Crippen MR) is 521 cm³/mol. The van der Waals surface area contributed by atoms with Gasteiger partial charge >= 0.3 is 28.1 Å². The van der Waals surface area contributed by atoms with Crippen molar-refractivity contribution in [3.8, 4) is 11.1 Å². The minimum Gasteiger partial charge on any atom is -0.422 e. The maximum atomic E-state index is 12.7. The number of rotatable bonds is 16. The second-order valence-electron chi connectivity index (χ2n) is 29.9. The molecule has 1 saturated carbocycles. The van der Waals surface area contributed by atoms with Crippen molar-refractivity contribution in [1.82, 2.24) is 0 Å². The molecule has 0 bridgehead atoms. The number of hydrogen-bond acceptors (Lipinski definition) is 20. The lowest BCUT2D eigenvalue weighted by molar-refractivity contribution is -0.117. The van der Waals surface area contributed by atoms with Gasteiger partial charge in [0.05, 0.1) is 6.42 Å². The van der Waals surface area contributed by atoms with Crippen LogP contribution in [0.5, 0.6) is 0 Å². The number of carbonyl (C=O) groups excluding carboxylic acids is 5. The van der Waals surface area contributed by atoms with Gasteiger partial charge in [0, 0.05) is 105 Å². The number of fused-ring (bicyclic) bond motifs is 15. The van der Waals surface area contributed by atoms with Crippen LogP contribution in [-0.2, 0) is 32.0 Å². The molecule has 10 aromatic heterocycles. The van der Waals surface area contributed by atoms with Crippen LogP contribution in [0.1, 0.15) is 51.4 Å². The molecular weight excluding hydrogens is 1720 g/mol. The van der Waals surface area contributed by atoms with Crippen LogP contribution < -0.4 is 54.7 Å². The van der Waals surface area contributed by atoms with Gasteiger partial charge in [-0.15, -0.1) is 56.7 Å². The third-order valence-corrected chi connectivity index (χ3v) is 26.1. The summed E-state index contributed by atoms with van der Waals surface area (Å²) in [5, 5.41) is 36.9. The summed E-state index contributed by atoms with van der Waals surface area (Å²) < 4.78 is 27.0. The first-order chi connectivity index (χ1) is 63.1. The highest BCUT2D eigenvalue weighted by Crippen LogP contribution is 2.49. The highest BCUT2D eigenvalue weighted by molar-refractivity contribution is 7.18. The Morgan fingerprint density at radius 3 is 1.05 bits per heavy atom. The molecule has 2 atom stereocenters. The summed E-state index contributed by atoms with van der Waals surface area (Å²) in [6.45, 7) is 0. The smallest absolute Gasteiger partial charge is 0.347 e. The third kappa shape index (κ3) is 18.7. The Bertz CT molecular complexity index is 8180. The molecule has 1 aliphatic carbocycles. The van der Waals surface area contributed by atoms with Gasteiger partial charge in [0.15, 0.2) is 0 Å². The van der Waals surface area contributed by atoms with Crippen molar-refractivity contribution in [2.45, 2.75) is 31.6 Å². The molecule has 0 radical (unpaired) electrons. The zero-order valence-electron chi connectivity index (χ0n) is 68.0. The predicted octanol–water partition coefficient (Wildman–Crippen LogP) is 24.1. The van der Waals surface area contributed by atoms with E-state index >= 15 is 0 Å². The Hall–Kier alpha value is -15.6. The van der Waals surface area contributed by atoms with Gasteiger partial charge in [-0.25, -0.2) is 24.0 Å². The van der Waals surface area contributed by atoms with E-state index in [-0.39, 0.29) is 47.8 Å².